The number of nitriles is 1. The average molecular weight is 269 g/mol. The van der Waals surface area contributed by atoms with E-state index in [9.17, 15) is 9.59 Å². The summed E-state index contributed by atoms with van der Waals surface area (Å²) < 4.78 is 4.53. The van der Waals surface area contributed by atoms with Gasteiger partial charge < -0.3 is 10.1 Å². The van der Waals surface area contributed by atoms with E-state index in [1.54, 1.807) is 18.9 Å². The molecule has 0 aromatic heterocycles. The minimum Gasteiger partial charge on any atom is -0.469 e. The maximum Gasteiger partial charge on any atom is 0.306 e. The quantitative estimate of drug-likeness (QED) is 0.682. The predicted octanol–water partition coefficient (Wildman–Crippen LogP) is 0.536. The van der Waals surface area contributed by atoms with Gasteiger partial charge in [0.2, 0.25) is 5.91 Å². The predicted molar refractivity (Wildman–Crippen MR) is 71.1 cm³/mol. The fourth-order valence-corrected chi connectivity index (χ4v) is 1.34. The number of carbonyl (C=O) groups excluding carboxylic acids is 2. The third-order valence-electron chi connectivity index (χ3n) is 3.12. The molecule has 6 nitrogen and oxygen atoms in total. The number of amides is 1. The normalized spacial score (nSPS) is 13.8. The summed E-state index contributed by atoms with van der Waals surface area (Å²) in [5, 5.41) is 11.8. The molecule has 6 heteroatoms. The first kappa shape index (κ1) is 17.4. The maximum atomic E-state index is 11.8. The Morgan fingerprint density at radius 2 is 2.05 bits per heavy atom. The zero-order chi connectivity index (χ0) is 15.1. The van der Waals surface area contributed by atoms with Crippen LogP contribution in [-0.4, -0.2) is 49.6 Å². The lowest BCUT2D eigenvalue weighted by molar-refractivity contribution is -0.141. The highest BCUT2D eigenvalue weighted by Crippen LogP contribution is 2.14. The lowest BCUT2D eigenvalue weighted by Gasteiger charge is -2.28. The van der Waals surface area contributed by atoms with E-state index >= 15 is 0 Å². The first-order chi connectivity index (χ1) is 8.75. The van der Waals surface area contributed by atoms with Crippen LogP contribution in [0.2, 0.25) is 0 Å². The smallest absolute Gasteiger partial charge is 0.306 e. The summed E-state index contributed by atoms with van der Waals surface area (Å²) in [5.74, 6) is -0.525. The lowest BCUT2D eigenvalue weighted by atomic mass is 9.90. The molecule has 0 aliphatic heterocycles. The van der Waals surface area contributed by atoms with Gasteiger partial charge in [-0.25, -0.2) is 0 Å². The number of nitrogens with zero attached hydrogens (tertiary/aromatic N) is 2. The molecule has 0 aromatic carbocycles. The number of carbonyl (C=O) groups is 2. The molecule has 108 valence electrons. The largest absolute Gasteiger partial charge is 0.469 e. The van der Waals surface area contributed by atoms with E-state index in [0.717, 1.165) is 0 Å². The van der Waals surface area contributed by atoms with Gasteiger partial charge in [0.25, 0.3) is 0 Å². The van der Waals surface area contributed by atoms with Crippen molar-refractivity contribution in [3.8, 4) is 6.07 Å². The number of nitrogens with one attached hydrogen (secondary N) is 1. The highest BCUT2D eigenvalue weighted by atomic mass is 16.5. The van der Waals surface area contributed by atoms with E-state index < -0.39 is 5.54 Å². The molecule has 0 fully saturated rings. The van der Waals surface area contributed by atoms with Crippen molar-refractivity contribution in [2.75, 3.05) is 27.2 Å². The van der Waals surface area contributed by atoms with E-state index in [-0.39, 0.29) is 30.8 Å². The number of hydrogen-bond acceptors (Lipinski definition) is 5. The van der Waals surface area contributed by atoms with E-state index in [4.69, 9.17) is 5.26 Å². The summed E-state index contributed by atoms with van der Waals surface area (Å²) in [6, 6.07) is 2.12. The zero-order valence-electron chi connectivity index (χ0n) is 12.3. The summed E-state index contributed by atoms with van der Waals surface area (Å²) in [4.78, 5) is 24.5. The van der Waals surface area contributed by atoms with Crippen LogP contribution < -0.4 is 5.32 Å². The van der Waals surface area contributed by atoms with Crippen LogP contribution in [0.3, 0.4) is 0 Å². The third-order valence-corrected chi connectivity index (χ3v) is 3.12. The Bertz CT molecular complexity index is 363. The molecule has 1 amide bonds. The average Bonchev–Trinajstić information content (AvgIpc) is 2.35. The molecule has 1 N–H and O–H groups in total. The Balaban J connectivity index is 4.24. The molecule has 0 rings (SSSR count). The molecule has 1 atom stereocenters. The van der Waals surface area contributed by atoms with E-state index in [1.807, 2.05) is 13.8 Å². The topological polar surface area (TPSA) is 82.4 Å². The minimum absolute atomic E-state index is 0.0156. The highest BCUT2D eigenvalue weighted by Gasteiger charge is 2.30. The zero-order valence-corrected chi connectivity index (χ0v) is 12.3. The van der Waals surface area contributed by atoms with E-state index in [0.29, 0.717) is 6.54 Å². The highest BCUT2D eigenvalue weighted by molar-refractivity contribution is 5.79. The number of rotatable bonds is 7. The van der Waals surface area contributed by atoms with Crippen molar-refractivity contribution in [2.24, 2.45) is 5.92 Å². The minimum atomic E-state index is -0.875. The van der Waals surface area contributed by atoms with Crippen LogP contribution in [0, 0.1) is 17.2 Å². The second-order valence-corrected chi connectivity index (χ2v) is 5.08. The second kappa shape index (κ2) is 7.74. The fraction of sp³-hybridized carbons (Fsp3) is 0.769. The van der Waals surface area contributed by atoms with Gasteiger partial charge in [-0.05, 0) is 19.9 Å². The Hall–Kier alpha value is -1.61. The van der Waals surface area contributed by atoms with Crippen molar-refractivity contribution in [3.63, 3.8) is 0 Å². The van der Waals surface area contributed by atoms with Gasteiger partial charge in [-0.3, -0.25) is 14.5 Å². The molecule has 0 bridgehead atoms. The number of likely N-dealkylation sites (N-methyl/N-ethyl adjacent to an activating group) is 1. The van der Waals surface area contributed by atoms with E-state index in [2.05, 4.69) is 16.1 Å². The molecule has 0 aliphatic carbocycles. The molecule has 0 saturated heterocycles. The van der Waals surface area contributed by atoms with Crippen molar-refractivity contribution < 1.29 is 14.3 Å². The van der Waals surface area contributed by atoms with Crippen molar-refractivity contribution >= 4 is 11.9 Å². The second-order valence-electron chi connectivity index (χ2n) is 5.08. The van der Waals surface area contributed by atoms with Crippen molar-refractivity contribution in [1.82, 2.24) is 10.2 Å². The van der Waals surface area contributed by atoms with Crippen molar-refractivity contribution in [2.45, 2.75) is 32.7 Å². The van der Waals surface area contributed by atoms with Crippen molar-refractivity contribution in [1.29, 1.82) is 5.26 Å². The molecule has 0 saturated carbocycles. The van der Waals surface area contributed by atoms with Crippen LogP contribution >= 0.6 is 0 Å². The molecular weight excluding hydrogens is 246 g/mol. The van der Waals surface area contributed by atoms with Crippen molar-refractivity contribution in [3.05, 3.63) is 0 Å². The standard InChI is InChI=1S/C13H23N3O3/c1-10(2)13(3,9-14)15-11(17)8-16(4)7-6-12(18)19-5/h10H,6-8H2,1-5H3,(H,15,17). The molecule has 0 heterocycles. The molecule has 0 aromatic rings. The van der Waals surface area contributed by atoms with Crippen LogP contribution in [0.15, 0.2) is 0 Å². The Labute approximate surface area is 114 Å². The summed E-state index contributed by atoms with van der Waals surface area (Å²) >= 11 is 0. The van der Waals surface area contributed by atoms with Gasteiger partial charge >= 0.3 is 5.97 Å². The summed E-state index contributed by atoms with van der Waals surface area (Å²) in [6.45, 7) is 6.03. The SMILES string of the molecule is COC(=O)CCN(C)CC(=O)NC(C)(C#N)C(C)C. The lowest BCUT2D eigenvalue weighted by Crippen LogP contribution is -2.51. The van der Waals surface area contributed by atoms with Gasteiger partial charge in [0.15, 0.2) is 0 Å². The van der Waals surface area contributed by atoms with Gasteiger partial charge in [-0.1, -0.05) is 13.8 Å². The first-order valence-electron chi connectivity index (χ1n) is 6.22. The van der Waals surface area contributed by atoms with Gasteiger partial charge in [0, 0.05) is 6.54 Å². The van der Waals surface area contributed by atoms with Crippen LogP contribution in [-0.2, 0) is 14.3 Å². The van der Waals surface area contributed by atoms with Gasteiger partial charge in [-0.2, -0.15) is 5.26 Å². The van der Waals surface area contributed by atoms with Gasteiger partial charge in [0.05, 0.1) is 26.1 Å². The van der Waals surface area contributed by atoms with Crippen LogP contribution in [0.25, 0.3) is 0 Å². The molecule has 0 spiro atoms. The Morgan fingerprint density at radius 1 is 1.47 bits per heavy atom. The van der Waals surface area contributed by atoms with Crippen LogP contribution in [0.5, 0.6) is 0 Å². The van der Waals surface area contributed by atoms with E-state index in [1.165, 1.54) is 7.11 Å². The van der Waals surface area contributed by atoms with Gasteiger partial charge in [0.1, 0.15) is 5.54 Å². The monoisotopic (exact) mass is 269 g/mol. The number of methoxy groups -OCH3 is 1. The number of esters is 1. The Kier molecular flexibility index (Phi) is 7.09. The summed E-state index contributed by atoms with van der Waals surface area (Å²) in [5.41, 5.74) is -0.875. The van der Waals surface area contributed by atoms with Crippen LogP contribution in [0.4, 0.5) is 0 Å². The summed E-state index contributed by atoms with van der Waals surface area (Å²) in [6.07, 6.45) is 0.236. The Morgan fingerprint density at radius 3 is 2.47 bits per heavy atom. The number of ether oxygens (including phenoxy) is 1. The fourth-order valence-electron chi connectivity index (χ4n) is 1.34. The molecule has 0 radical (unpaired) electrons. The third kappa shape index (κ3) is 6.20. The molecule has 19 heavy (non-hydrogen) atoms. The number of hydrogen-bond donors (Lipinski definition) is 1. The summed E-state index contributed by atoms with van der Waals surface area (Å²) in [7, 11) is 3.07. The maximum absolute atomic E-state index is 11.8. The van der Waals surface area contributed by atoms with Crippen LogP contribution in [0.1, 0.15) is 27.2 Å². The van der Waals surface area contributed by atoms with Gasteiger partial charge in [-0.15, -0.1) is 0 Å². The molecule has 1 unspecified atom stereocenters. The first-order valence-corrected chi connectivity index (χ1v) is 6.22. The molecular formula is C13H23N3O3. The molecule has 0 aliphatic rings.